The standard InChI is InChI=1S/C17H21N3O2/c1-22-12-17(6-3-7-17)11-20-16(21)14-5-2-4-13(10-14)15-18-8-9-19-15/h2,4-5,8-10H,3,6-7,11-12H2,1H3,(H,18,19)(H,20,21). The van der Waals surface area contributed by atoms with Crippen molar-refractivity contribution < 1.29 is 9.53 Å². The predicted molar refractivity (Wildman–Crippen MR) is 84.5 cm³/mol. The second kappa shape index (κ2) is 6.32. The molecule has 0 saturated heterocycles. The van der Waals surface area contributed by atoms with Crippen molar-refractivity contribution in [1.82, 2.24) is 15.3 Å². The predicted octanol–water partition coefficient (Wildman–Crippen LogP) is 2.62. The van der Waals surface area contributed by atoms with Crippen LogP contribution in [0.5, 0.6) is 0 Å². The van der Waals surface area contributed by atoms with E-state index in [1.807, 2.05) is 24.3 Å². The van der Waals surface area contributed by atoms with Crippen molar-refractivity contribution in [3.8, 4) is 11.4 Å². The highest BCUT2D eigenvalue weighted by atomic mass is 16.5. The summed E-state index contributed by atoms with van der Waals surface area (Å²) < 4.78 is 5.29. The number of carbonyl (C=O) groups excluding carboxylic acids is 1. The number of benzene rings is 1. The van der Waals surface area contributed by atoms with Crippen LogP contribution in [0.4, 0.5) is 0 Å². The lowest BCUT2D eigenvalue weighted by Gasteiger charge is -2.41. The molecule has 0 aliphatic heterocycles. The molecule has 2 N–H and O–H groups in total. The Morgan fingerprint density at radius 2 is 2.32 bits per heavy atom. The number of ether oxygens (including phenoxy) is 1. The third kappa shape index (κ3) is 3.04. The Balaban J connectivity index is 1.66. The summed E-state index contributed by atoms with van der Waals surface area (Å²) >= 11 is 0. The summed E-state index contributed by atoms with van der Waals surface area (Å²) in [6.07, 6.45) is 6.93. The number of methoxy groups -OCH3 is 1. The molecule has 1 aliphatic rings. The van der Waals surface area contributed by atoms with Gasteiger partial charge in [0.25, 0.3) is 5.91 Å². The van der Waals surface area contributed by atoms with Crippen LogP contribution in [0.2, 0.25) is 0 Å². The fourth-order valence-electron chi connectivity index (χ4n) is 2.96. The van der Waals surface area contributed by atoms with Gasteiger partial charge >= 0.3 is 0 Å². The summed E-state index contributed by atoms with van der Waals surface area (Å²) in [4.78, 5) is 19.6. The molecule has 0 radical (unpaired) electrons. The van der Waals surface area contributed by atoms with E-state index in [0.29, 0.717) is 18.7 Å². The Kier molecular flexibility index (Phi) is 4.24. The third-order valence-electron chi connectivity index (χ3n) is 4.39. The topological polar surface area (TPSA) is 67.0 Å². The highest BCUT2D eigenvalue weighted by molar-refractivity contribution is 5.95. The Morgan fingerprint density at radius 3 is 2.95 bits per heavy atom. The molecule has 2 aromatic rings. The van der Waals surface area contributed by atoms with Crippen LogP contribution in [0, 0.1) is 5.41 Å². The number of carbonyl (C=O) groups is 1. The summed E-state index contributed by atoms with van der Waals surface area (Å²) in [7, 11) is 1.72. The number of imidazole rings is 1. The first kappa shape index (κ1) is 14.8. The molecule has 1 amide bonds. The highest BCUT2D eigenvalue weighted by Gasteiger charge is 2.37. The number of aromatic amines is 1. The van der Waals surface area contributed by atoms with Crippen molar-refractivity contribution in [1.29, 1.82) is 0 Å². The van der Waals surface area contributed by atoms with Crippen LogP contribution in [0.15, 0.2) is 36.7 Å². The van der Waals surface area contributed by atoms with Gasteiger partial charge in [0, 0.05) is 42.6 Å². The van der Waals surface area contributed by atoms with Crippen molar-refractivity contribution in [2.75, 3.05) is 20.3 Å². The van der Waals surface area contributed by atoms with Crippen LogP contribution in [0.1, 0.15) is 29.6 Å². The van der Waals surface area contributed by atoms with Gasteiger partial charge in [-0.3, -0.25) is 4.79 Å². The van der Waals surface area contributed by atoms with Gasteiger partial charge < -0.3 is 15.0 Å². The average Bonchev–Trinajstić information content (AvgIpc) is 3.04. The molecule has 1 saturated carbocycles. The quantitative estimate of drug-likeness (QED) is 0.861. The van der Waals surface area contributed by atoms with Crippen LogP contribution in [0.25, 0.3) is 11.4 Å². The van der Waals surface area contributed by atoms with Gasteiger partial charge in [-0.1, -0.05) is 18.6 Å². The average molecular weight is 299 g/mol. The number of hydrogen-bond acceptors (Lipinski definition) is 3. The maximum Gasteiger partial charge on any atom is 0.251 e. The van der Waals surface area contributed by atoms with Gasteiger partial charge in [-0.2, -0.15) is 0 Å². The summed E-state index contributed by atoms with van der Waals surface area (Å²) in [6, 6.07) is 7.50. The largest absolute Gasteiger partial charge is 0.384 e. The molecule has 1 aromatic heterocycles. The molecule has 0 unspecified atom stereocenters. The van der Waals surface area contributed by atoms with Crippen molar-refractivity contribution in [3.05, 3.63) is 42.2 Å². The molecule has 5 heteroatoms. The van der Waals surface area contributed by atoms with E-state index in [4.69, 9.17) is 4.74 Å². The number of nitrogens with zero attached hydrogens (tertiary/aromatic N) is 1. The molecular weight excluding hydrogens is 278 g/mol. The Hall–Kier alpha value is -2.14. The van der Waals surface area contributed by atoms with E-state index < -0.39 is 0 Å². The number of H-pyrrole nitrogens is 1. The molecule has 3 rings (SSSR count). The smallest absolute Gasteiger partial charge is 0.251 e. The third-order valence-corrected chi connectivity index (χ3v) is 4.39. The number of amides is 1. The molecule has 0 atom stereocenters. The van der Waals surface area contributed by atoms with E-state index in [-0.39, 0.29) is 11.3 Å². The minimum Gasteiger partial charge on any atom is -0.384 e. The second-order valence-electron chi connectivity index (χ2n) is 5.99. The highest BCUT2D eigenvalue weighted by Crippen LogP contribution is 2.40. The van der Waals surface area contributed by atoms with Crippen molar-refractivity contribution in [2.24, 2.45) is 5.41 Å². The number of aromatic nitrogens is 2. The molecule has 116 valence electrons. The molecule has 1 aromatic carbocycles. The van der Waals surface area contributed by atoms with E-state index in [1.165, 1.54) is 6.42 Å². The summed E-state index contributed by atoms with van der Waals surface area (Å²) in [6.45, 7) is 1.38. The minimum atomic E-state index is -0.0456. The van der Waals surface area contributed by atoms with Gasteiger partial charge in [-0.05, 0) is 25.0 Å². The van der Waals surface area contributed by atoms with Gasteiger partial charge in [0.1, 0.15) is 5.82 Å². The molecule has 1 aliphatic carbocycles. The SMILES string of the molecule is COCC1(CNC(=O)c2cccc(-c3ncc[nH]3)c2)CCC1. The molecular formula is C17H21N3O2. The van der Waals surface area contributed by atoms with Gasteiger partial charge in [0.05, 0.1) is 6.61 Å². The Morgan fingerprint density at radius 1 is 1.45 bits per heavy atom. The number of rotatable bonds is 6. The molecule has 1 heterocycles. The fraction of sp³-hybridized carbons (Fsp3) is 0.412. The molecule has 5 nitrogen and oxygen atoms in total. The summed E-state index contributed by atoms with van der Waals surface area (Å²) in [5.41, 5.74) is 1.69. The molecule has 0 spiro atoms. The Labute approximate surface area is 130 Å². The van der Waals surface area contributed by atoms with Crippen LogP contribution < -0.4 is 5.32 Å². The van der Waals surface area contributed by atoms with Crippen LogP contribution in [-0.2, 0) is 4.74 Å². The maximum absolute atomic E-state index is 12.4. The minimum absolute atomic E-state index is 0.0456. The van der Waals surface area contributed by atoms with Gasteiger partial charge in [-0.25, -0.2) is 4.98 Å². The molecule has 22 heavy (non-hydrogen) atoms. The zero-order chi connectivity index (χ0) is 15.4. The fourth-order valence-corrected chi connectivity index (χ4v) is 2.96. The lowest BCUT2D eigenvalue weighted by Crippen LogP contribution is -2.45. The van der Waals surface area contributed by atoms with E-state index in [0.717, 1.165) is 24.2 Å². The monoisotopic (exact) mass is 299 g/mol. The number of nitrogens with one attached hydrogen (secondary N) is 2. The first-order valence-corrected chi connectivity index (χ1v) is 7.59. The second-order valence-corrected chi connectivity index (χ2v) is 5.99. The normalized spacial score (nSPS) is 16.0. The zero-order valence-corrected chi connectivity index (χ0v) is 12.8. The molecule has 1 fully saturated rings. The van der Waals surface area contributed by atoms with Crippen LogP contribution in [0.3, 0.4) is 0 Å². The first-order valence-electron chi connectivity index (χ1n) is 7.59. The van der Waals surface area contributed by atoms with Crippen LogP contribution in [-0.4, -0.2) is 36.1 Å². The van der Waals surface area contributed by atoms with E-state index in [9.17, 15) is 4.79 Å². The van der Waals surface area contributed by atoms with Crippen molar-refractivity contribution >= 4 is 5.91 Å². The van der Waals surface area contributed by atoms with E-state index >= 15 is 0 Å². The molecule has 0 bridgehead atoms. The summed E-state index contributed by atoms with van der Waals surface area (Å²) in [5.74, 6) is 0.722. The van der Waals surface area contributed by atoms with Gasteiger partial charge in [0.15, 0.2) is 0 Å². The zero-order valence-electron chi connectivity index (χ0n) is 12.8. The van der Waals surface area contributed by atoms with Crippen molar-refractivity contribution in [3.63, 3.8) is 0 Å². The Bertz CT molecular complexity index is 633. The van der Waals surface area contributed by atoms with E-state index in [2.05, 4.69) is 15.3 Å². The lowest BCUT2D eigenvalue weighted by molar-refractivity contribution is 0.0180. The van der Waals surface area contributed by atoms with Gasteiger partial charge in [0.2, 0.25) is 0 Å². The maximum atomic E-state index is 12.4. The number of hydrogen-bond donors (Lipinski definition) is 2. The lowest BCUT2D eigenvalue weighted by atomic mass is 9.69. The first-order chi connectivity index (χ1) is 10.7. The van der Waals surface area contributed by atoms with Crippen LogP contribution >= 0.6 is 0 Å². The van der Waals surface area contributed by atoms with Gasteiger partial charge in [-0.15, -0.1) is 0 Å². The summed E-state index contributed by atoms with van der Waals surface area (Å²) in [5, 5.41) is 3.05. The van der Waals surface area contributed by atoms with Crippen molar-refractivity contribution in [2.45, 2.75) is 19.3 Å². The van der Waals surface area contributed by atoms with E-state index in [1.54, 1.807) is 19.5 Å².